The van der Waals surface area contributed by atoms with Gasteiger partial charge in [0.25, 0.3) is 5.91 Å². The van der Waals surface area contributed by atoms with E-state index in [9.17, 15) is 14.7 Å². The number of carboxylic acid groups (broad SMARTS) is 1. The number of piperidine rings is 1. The lowest BCUT2D eigenvalue weighted by molar-refractivity contribution is -0.142. The van der Waals surface area contributed by atoms with E-state index >= 15 is 0 Å². The monoisotopic (exact) mass is 335 g/mol. The van der Waals surface area contributed by atoms with E-state index < -0.39 is 5.97 Å². The van der Waals surface area contributed by atoms with Gasteiger partial charge in [0.1, 0.15) is 6.04 Å². The van der Waals surface area contributed by atoms with Crippen LogP contribution in [0.2, 0.25) is 0 Å². The molecule has 0 radical (unpaired) electrons. The summed E-state index contributed by atoms with van der Waals surface area (Å²) in [6.45, 7) is 6.79. The van der Waals surface area contributed by atoms with E-state index in [1.165, 1.54) is 0 Å². The summed E-state index contributed by atoms with van der Waals surface area (Å²) in [6, 6.07) is 1.27. The molecule has 3 rings (SSSR count). The molecule has 1 aromatic heterocycles. The zero-order valence-electron chi connectivity index (χ0n) is 14.3. The molecule has 7 heteroatoms. The number of aromatic nitrogens is 1. The van der Waals surface area contributed by atoms with Crippen molar-refractivity contribution < 1.29 is 19.2 Å². The van der Waals surface area contributed by atoms with Crippen LogP contribution in [0.1, 0.15) is 48.9 Å². The van der Waals surface area contributed by atoms with Crippen LogP contribution in [0.5, 0.6) is 0 Å². The minimum Gasteiger partial charge on any atom is -0.480 e. The van der Waals surface area contributed by atoms with Gasteiger partial charge in [-0.15, -0.1) is 0 Å². The van der Waals surface area contributed by atoms with Crippen LogP contribution in [0.15, 0.2) is 10.6 Å². The Morgan fingerprint density at radius 3 is 2.67 bits per heavy atom. The van der Waals surface area contributed by atoms with E-state index in [1.807, 2.05) is 0 Å². The molecule has 2 aliphatic rings. The summed E-state index contributed by atoms with van der Waals surface area (Å²) in [5, 5.41) is 13.3. The first-order valence-corrected chi connectivity index (χ1v) is 8.63. The van der Waals surface area contributed by atoms with Crippen molar-refractivity contribution in [3.05, 3.63) is 17.5 Å². The fourth-order valence-electron chi connectivity index (χ4n) is 4.08. The highest BCUT2D eigenvalue weighted by Crippen LogP contribution is 2.43. The first kappa shape index (κ1) is 17.0. The topological polar surface area (TPSA) is 86.9 Å². The number of rotatable bonds is 4. The average molecular weight is 335 g/mol. The quantitative estimate of drug-likeness (QED) is 0.902. The fourth-order valence-corrected chi connectivity index (χ4v) is 4.08. The van der Waals surface area contributed by atoms with Gasteiger partial charge in [-0.05, 0) is 44.6 Å². The molecule has 0 unspecified atom stereocenters. The van der Waals surface area contributed by atoms with Gasteiger partial charge in [0.05, 0.1) is 5.69 Å². The van der Waals surface area contributed by atoms with Gasteiger partial charge < -0.3 is 14.5 Å². The molecule has 0 bridgehead atoms. The summed E-state index contributed by atoms with van der Waals surface area (Å²) in [7, 11) is 0. The van der Waals surface area contributed by atoms with E-state index in [0.29, 0.717) is 25.2 Å². The van der Waals surface area contributed by atoms with E-state index in [-0.39, 0.29) is 23.1 Å². The average Bonchev–Trinajstić information content (AvgIpc) is 3.13. The molecule has 132 valence electrons. The first-order valence-electron chi connectivity index (χ1n) is 8.63. The highest BCUT2D eigenvalue weighted by molar-refractivity contribution is 5.91. The van der Waals surface area contributed by atoms with Crippen LogP contribution in [-0.4, -0.2) is 64.2 Å². The number of nitrogens with zero attached hydrogens (tertiary/aromatic N) is 3. The molecular weight excluding hydrogens is 310 g/mol. The number of carboxylic acids is 1. The summed E-state index contributed by atoms with van der Waals surface area (Å²) >= 11 is 0. The smallest absolute Gasteiger partial charge is 0.320 e. The molecule has 1 aromatic rings. The molecule has 3 heterocycles. The molecular formula is C17H25N3O4. The van der Waals surface area contributed by atoms with Crippen LogP contribution < -0.4 is 0 Å². The van der Waals surface area contributed by atoms with Crippen molar-refractivity contribution in [3.63, 3.8) is 0 Å². The van der Waals surface area contributed by atoms with Crippen molar-refractivity contribution in [2.75, 3.05) is 26.2 Å². The molecule has 2 fully saturated rings. The van der Waals surface area contributed by atoms with Gasteiger partial charge in [-0.25, -0.2) is 0 Å². The zero-order valence-corrected chi connectivity index (χ0v) is 14.3. The van der Waals surface area contributed by atoms with Crippen molar-refractivity contribution in [2.24, 2.45) is 5.41 Å². The Balaban J connectivity index is 1.64. The van der Waals surface area contributed by atoms with Crippen LogP contribution in [0.25, 0.3) is 0 Å². The van der Waals surface area contributed by atoms with Crippen LogP contribution in [0.3, 0.4) is 0 Å². The van der Waals surface area contributed by atoms with Crippen molar-refractivity contribution in [2.45, 2.75) is 45.6 Å². The van der Waals surface area contributed by atoms with E-state index in [4.69, 9.17) is 4.52 Å². The maximum atomic E-state index is 12.4. The van der Waals surface area contributed by atoms with Crippen molar-refractivity contribution >= 4 is 11.9 Å². The fraction of sp³-hybridized carbons (Fsp3) is 0.706. The van der Waals surface area contributed by atoms with Gasteiger partial charge in [0.2, 0.25) is 5.76 Å². The summed E-state index contributed by atoms with van der Waals surface area (Å²) in [4.78, 5) is 27.9. The Kier molecular flexibility index (Phi) is 4.62. The van der Waals surface area contributed by atoms with Gasteiger partial charge in [-0.1, -0.05) is 12.1 Å². The predicted octanol–water partition coefficient (Wildman–Crippen LogP) is 1.77. The van der Waals surface area contributed by atoms with Crippen molar-refractivity contribution in [1.82, 2.24) is 15.0 Å². The largest absolute Gasteiger partial charge is 0.480 e. The molecule has 2 saturated heterocycles. The number of hydrogen-bond donors (Lipinski definition) is 1. The van der Waals surface area contributed by atoms with Crippen LogP contribution in [0, 0.1) is 12.3 Å². The number of carbonyl (C=O) groups is 2. The molecule has 1 atom stereocenters. The second-order valence-corrected chi connectivity index (χ2v) is 7.15. The highest BCUT2D eigenvalue weighted by Gasteiger charge is 2.48. The summed E-state index contributed by atoms with van der Waals surface area (Å²) in [6.07, 6.45) is 3.33. The lowest BCUT2D eigenvalue weighted by Gasteiger charge is -2.39. The molecule has 0 aromatic carbocycles. The Morgan fingerprint density at radius 1 is 1.42 bits per heavy atom. The number of hydrogen-bond acceptors (Lipinski definition) is 5. The van der Waals surface area contributed by atoms with Crippen molar-refractivity contribution in [3.8, 4) is 0 Å². The molecule has 7 nitrogen and oxygen atoms in total. The lowest BCUT2D eigenvalue weighted by atomic mass is 9.76. The zero-order chi connectivity index (χ0) is 17.3. The van der Waals surface area contributed by atoms with Crippen LogP contribution in [-0.2, 0) is 4.79 Å². The number of aryl methyl sites for hydroxylation is 1. The van der Waals surface area contributed by atoms with Crippen molar-refractivity contribution in [1.29, 1.82) is 0 Å². The van der Waals surface area contributed by atoms with Gasteiger partial charge in [-0.3, -0.25) is 14.5 Å². The molecule has 1 N–H and O–H groups in total. The van der Waals surface area contributed by atoms with Crippen LogP contribution in [0.4, 0.5) is 0 Å². The third-order valence-electron chi connectivity index (χ3n) is 5.35. The number of aliphatic carboxylic acids is 1. The maximum Gasteiger partial charge on any atom is 0.320 e. The maximum absolute atomic E-state index is 12.4. The molecule has 2 aliphatic heterocycles. The summed E-state index contributed by atoms with van der Waals surface area (Å²) < 4.78 is 5.07. The Hall–Kier alpha value is -1.89. The summed E-state index contributed by atoms with van der Waals surface area (Å²) in [5.74, 6) is -0.564. The Morgan fingerprint density at radius 2 is 2.12 bits per heavy atom. The molecule has 1 spiro atoms. The molecule has 1 amide bonds. The van der Waals surface area contributed by atoms with E-state index in [0.717, 1.165) is 32.4 Å². The third kappa shape index (κ3) is 3.17. The van der Waals surface area contributed by atoms with E-state index in [1.54, 1.807) is 17.9 Å². The minimum atomic E-state index is -0.726. The normalized spacial score (nSPS) is 23.8. The lowest BCUT2D eigenvalue weighted by Crippen LogP contribution is -2.44. The number of amides is 1. The molecule has 0 saturated carbocycles. The standard InChI is InChI=1S/C17H25N3O4/c1-3-6-20-11-17(10-13(20)16(22)23)4-7-19(8-5-17)15(21)14-9-12(2)18-24-14/h9,13H,3-8,10-11H2,1-2H3,(H,22,23)/t13-/m1/s1. The van der Waals surface area contributed by atoms with Crippen LogP contribution >= 0.6 is 0 Å². The van der Waals surface area contributed by atoms with E-state index in [2.05, 4.69) is 17.0 Å². The van der Waals surface area contributed by atoms with Gasteiger partial charge in [-0.2, -0.15) is 0 Å². The second kappa shape index (κ2) is 6.55. The third-order valence-corrected chi connectivity index (χ3v) is 5.35. The van der Waals surface area contributed by atoms with Gasteiger partial charge in [0.15, 0.2) is 0 Å². The molecule has 0 aliphatic carbocycles. The second-order valence-electron chi connectivity index (χ2n) is 7.15. The minimum absolute atomic E-state index is 0.0202. The Bertz CT molecular complexity index is 619. The summed E-state index contributed by atoms with van der Waals surface area (Å²) in [5.41, 5.74) is 0.717. The SMILES string of the molecule is CCCN1CC2(CCN(C(=O)c3cc(C)no3)CC2)C[C@@H]1C(=O)O. The highest BCUT2D eigenvalue weighted by atomic mass is 16.5. The van der Waals surface area contributed by atoms with Gasteiger partial charge in [0, 0.05) is 25.7 Å². The number of likely N-dealkylation sites (tertiary alicyclic amines) is 2. The molecule has 24 heavy (non-hydrogen) atoms. The first-order chi connectivity index (χ1) is 11.4. The number of carbonyl (C=O) groups excluding carboxylic acids is 1. The van der Waals surface area contributed by atoms with Gasteiger partial charge >= 0.3 is 5.97 Å². The predicted molar refractivity (Wildman–Crippen MR) is 86.7 cm³/mol. The Labute approximate surface area is 141 Å².